The lowest BCUT2D eigenvalue weighted by molar-refractivity contribution is 0.727. The highest BCUT2D eigenvalue weighted by atomic mass is 32.2. The second-order valence-corrected chi connectivity index (χ2v) is 5.60. The van der Waals surface area contributed by atoms with Crippen LogP contribution in [0, 0.1) is 6.92 Å². The number of hydrogen-bond donors (Lipinski definition) is 1. The minimum absolute atomic E-state index is 0.101. The molecule has 0 bridgehead atoms. The van der Waals surface area contributed by atoms with Crippen molar-refractivity contribution in [1.82, 2.24) is 9.78 Å². The molecule has 96 valence electrons. The first-order chi connectivity index (χ1) is 8.56. The van der Waals surface area contributed by atoms with E-state index in [2.05, 4.69) is 35.4 Å². The fraction of sp³-hybridized carbons (Fsp3) is 0.357. The van der Waals surface area contributed by atoms with Crippen molar-refractivity contribution in [2.24, 2.45) is 12.8 Å². The zero-order valence-corrected chi connectivity index (χ0v) is 11.9. The largest absolute Gasteiger partial charge is 0.324 e. The molecule has 0 amide bonds. The van der Waals surface area contributed by atoms with Crippen LogP contribution in [0.2, 0.25) is 0 Å². The van der Waals surface area contributed by atoms with E-state index in [-0.39, 0.29) is 6.04 Å². The van der Waals surface area contributed by atoms with Crippen LogP contribution in [0.25, 0.3) is 0 Å². The van der Waals surface area contributed by atoms with Gasteiger partial charge in [-0.25, -0.2) is 0 Å². The molecule has 0 aliphatic carbocycles. The van der Waals surface area contributed by atoms with Crippen LogP contribution in [0.5, 0.6) is 0 Å². The van der Waals surface area contributed by atoms with Gasteiger partial charge in [0.2, 0.25) is 0 Å². The molecule has 0 spiro atoms. The predicted octanol–water partition coefficient (Wildman–Crippen LogP) is 3.04. The quantitative estimate of drug-likeness (QED) is 0.860. The van der Waals surface area contributed by atoms with Gasteiger partial charge in [0.05, 0.1) is 5.69 Å². The lowest BCUT2D eigenvalue weighted by Gasteiger charge is -2.07. The van der Waals surface area contributed by atoms with Crippen molar-refractivity contribution in [1.29, 1.82) is 0 Å². The zero-order valence-electron chi connectivity index (χ0n) is 11.1. The van der Waals surface area contributed by atoms with Crippen LogP contribution in [0.3, 0.4) is 0 Å². The third-order valence-electron chi connectivity index (χ3n) is 2.89. The molecular formula is C14H19N3S. The number of nitrogens with zero attached hydrogens (tertiary/aromatic N) is 2. The molecule has 2 aromatic rings. The molecular weight excluding hydrogens is 242 g/mol. The van der Waals surface area contributed by atoms with E-state index in [0.29, 0.717) is 0 Å². The Morgan fingerprint density at radius 3 is 2.50 bits per heavy atom. The molecule has 0 saturated carbocycles. The Bertz CT molecular complexity index is 514. The lowest BCUT2D eigenvalue weighted by Crippen LogP contribution is -2.04. The molecule has 3 nitrogen and oxygen atoms in total. The lowest BCUT2D eigenvalue weighted by atomic mass is 10.1. The SMILES string of the molecule is Cc1cc(CSc2ccc(C(C)N)cc2)n(C)n1. The number of hydrogen-bond acceptors (Lipinski definition) is 3. The zero-order chi connectivity index (χ0) is 13.1. The van der Waals surface area contributed by atoms with Crippen LogP contribution in [0.15, 0.2) is 35.2 Å². The van der Waals surface area contributed by atoms with Crippen LogP contribution >= 0.6 is 11.8 Å². The first kappa shape index (κ1) is 13.2. The van der Waals surface area contributed by atoms with Crippen LogP contribution < -0.4 is 5.73 Å². The molecule has 0 aliphatic rings. The number of aryl methyl sites for hydroxylation is 2. The topological polar surface area (TPSA) is 43.8 Å². The Hall–Kier alpha value is -1.26. The summed E-state index contributed by atoms with van der Waals surface area (Å²) >= 11 is 1.82. The Morgan fingerprint density at radius 2 is 2.00 bits per heavy atom. The van der Waals surface area contributed by atoms with E-state index < -0.39 is 0 Å². The molecule has 0 radical (unpaired) electrons. The fourth-order valence-electron chi connectivity index (χ4n) is 1.82. The smallest absolute Gasteiger partial charge is 0.0596 e. The maximum Gasteiger partial charge on any atom is 0.0596 e. The summed E-state index contributed by atoms with van der Waals surface area (Å²) in [4.78, 5) is 1.26. The van der Waals surface area contributed by atoms with Crippen molar-refractivity contribution in [3.8, 4) is 0 Å². The molecule has 0 fully saturated rings. The second kappa shape index (κ2) is 5.59. The molecule has 1 aromatic carbocycles. The van der Waals surface area contributed by atoms with Gasteiger partial charge < -0.3 is 5.73 Å². The van der Waals surface area contributed by atoms with Crippen molar-refractivity contribution in [2.75, 3.05) is 0 Å². The average Bonchev–Trinajstić information content (AvgIpc) is 2.66. The highest BCUT2D eigenvalue weighted by molar-refractivity contribution is 7.98. The van der Waals surface area contributed by atoms with Crippen LogP contribution in [-0.4, -0.2) is 9.78 Å². The van der Waals surface area contributed by atoms with Gasteiger partial charge in [-0.2, -0.15) is 5.10 Å². The first-order valence-corrected chi connectivity index (χ1v) is 7.02. The van der Waals surface area contributed by atoms with Crippen molar-refractivity contribution >= 4 is 11.8 Å². The summed E-state index contributed by atoms with van der Waals surface area (Å²) < 4.78 is 1.94. The minimum atomic E-state index is 0.101. The van der Waals surface area contributed by atoms with E-state index >= 15 is 0 Å². The Balaban J connectivity index is 2.00. The molecule has 2 rings (SSSR count). The fourth-order valence-corrected chi connectivity index (χ4v) is 2.74. The molecule has 18 heavy (non-hydrogen) atoms. The summed E-state index contributed by atoms with van der Waals surface area (Å²) in [6.45, 7) is 4.02. The van der Waals surface area contributed by atoms with E-state index in [1.165, 1.54) is 16.2 Å². The Morgan fingerprint density at radius 1 is 1.33 bits per heavy atom. The highest BCUT2D eigenvalue weighted by Crippen LogP contribution is 2.24. The van der Waals surface area contributed by atoms with Crippen molar-refractivity contribution in [3.63, 3.8) is 0 Å². The summed E-state index contributed by atoms with van der Waals surface area (Å²) in [6.07, 6.45) is 0. The summed E-state index contributed by atoms with van der Waals surface area (Å²) in [7, 11) is 1.99. The van der Waals surface area contributed by atoms with E-state index in [9.17, 15) is 0 Å². The van der Waals surface area contributed by atoms with Crippen molar-refractivity contribution in [2.45, 2.75) is 30.5 Å². The monoisotopic (exact) mass is 261 g/mol. The van der Waals surface area contributed by atoms with Gasteiger partial charge in [-0.1, -0.05) is 12.1 Å². The number of nitrogens with two attached hydrogens (primary N) is 1. The van der Waals surface area contributed by atoms with Crippen LogP contribution in [0.1, 0.15) is 29.9 Å². The average molecular weight is 261 g/mol. The Labute approximate surface area is 112 Å². The third-order valence-corrected chi connectivity index (χ3v) is 3.94. The number of rotatable bonds is 4. The highest BCUT2D eigenvalue weighted by Gasteiger charge is 2.04. The summed E-state index contributed by atoms with van der Waals surface area (Å²) in [5.74, 6) is 0.939. The maximum absolute atomic E-state index is 5.83. The summed E-state index contributed by atoms with van der Waals surface area (Å²) in [5.41, 5.74) is 9.32. The molecule has 1 aromatic heterocycles. The molecule has 0 saturated heterocycles. The van der Waals surface area contributed by atoms with Gasteiger partial charge >= 0.3 is 0 Å². The molecule has 1 unspecified atom stereocenters. The van der Waals surface area contributed by atoms with Crippen LogP contribution in [-0.2, 0) is 12.8 Å². The van der Waals surface area contributed by atoms with E-state index in [1.807, 2.05) is 37.3 Å². The molecule has 4 heteroatoms. The Kier molecular flexibility index (Phi) is 4.09. The summed E-state index contributed by atoms with van der Waals surface area (Å²) in [6, 6.07) is 10.7. The normalized spacial score (nSPS) is 12.7. The summed E-state index contributed by atoms with van der Waals surface area (Å²) in [5, 5.41) is 4.35. The molecule has 1 atom stereocenters. The van der Waals surface area contributed by atoms with Crippen molar-refractivity contribution < 1.29 is 0 Å². The van der Waals surface area contributed by atoms with Gasteiger partial charge in [0, 0.05) is 29.4 Å². The number of benzene rings is 1. The van der Waals surface area contributed by atoms with Gasteiger partial charge in [-0.3, -0.25) is 4.68 Å². The van der Waals surface area contributed by atoms with E-state index in [1.54, 1.807) is 0 Å². The van der Waals surface area contributed by atoms with Gasteiger partial charge in [-0.05, 0) is 37.6 Å². The van der Waals surface area contributed by atoms with E-state index in [4.69, 9.17) is 5.73 Å². The van der Waals surface area contributed by atoms with Gasteiger partial charge in [0.1, 0.15) is 0 Å². The predicted molar refractivity (Wildman–Crippen MR) is 76.6 cm³/mol. The second-order valence-electron chi connectivity index (χ2n) is 4.55. The van der Waals surface area contributed by atoms with Crippen molar-refractivity contribution in [3.05, 3.63) is 47.3 Å². The van der Waals surface area contributed by atoms with Gasteiger partial charge in [0.15, 0.2) is 0 Å². The number of aromatic nitrogens is 2. The number of thioether (sulfide) groups is 1. The van der Waals surface area contributed by atoms with E-state index in [0.717, 1.165) is 11.4 Å². The molecule has 1 heterocycles. The maximum atomic E-state index is 5.83. The first-order valence-electron chi connectivity index (χ1n) is 6.04. The van der Waals surface area contributed by atoms with Gasteiger partial charge in [-0.15, -0.1) is 11.8 Å². The van der Waals surface area contributed by atoms with Gasteiger partial charge in [0.25, 0.3) is 0 Å². The standard InChI is InChI=1S/C14H19N3S/c1-10-8-13(17(3)16-10)9-18-14-6-4-12(5-7-14)11(2)15/h4-8,11H,9,15H2,1-3H3. The molecule has 2 N–H and O–H groups in total. The molecule has 0 aliphatic heterocycles. The third kappa shape index (κ3) is 3.15. The minimum Gasteiger partial charge on any atom is -0.324 e. The van der Waals surface area contributed by atoms with Crippen LogP contribution in [0.4, 0.5) is 0 Å².